The number of hydrogen-bond donors (Lipinski definition) is 2. The van der Waals surface area contributed by atoms with Crippen molar-refractivity contribution in [2.24, 2.45) is 4.99 Å². The molecule has 0 unspecified atom stereocenters. The first-order valence-electron chi connectivity index (χ1n) is 8.78. The summed E-state index contributed by atoms with van der Waals surface area (Å²) in [6, 6.07) is 14.8. The Morgan fingerprint density at radius 2 is 1.92 bits per heavy atom. The van der Waals surface area contributed by atoms with Gasteiger partial charge in [0.25, 0.3) is 0 Å². The van der Waals surface area contributed by atoms with Gasteiger partial charge >= 0.3 is 0 Å². The largest absolute Gasteiger partial charge is 0.357 e. The third-order valence-corrected chi connectivity index (χ3v) is 5.05. The molecular formula is C20H25N5S. The van der Waals surface area contributed by atoms with E-state index >= 15 is 0 Å². The molecule has 0 radical (unpaired) electrons. The average Bonchev–Trinajstić information content (AvgIpc) is 3.13. The molecule has 0 atom stereocenters. The summed E-state index contributed by atoms with van der Waals surface area (Å²) in [4.78, 5) is 11.4. The molecule has 136 valence electrons. The Balaban J connectivity index is 1.70. The predicted molar refractivity (Wildman–Crippen MR) is 112 cm³/mol. The standard InChI is InChI=1S/C20H25N5S/c1-4-21-19(23-13-17-14-26-20(24-17)25(2)3)22-12-16-10-7-9-15-8-5-6-11-18(15)16/h5-11,14H,4,12-13H2,1-3H3,(H2,21,22,23). The molecule has 0 amide bonds. The number of aromatic nitrogens is 1. The van der Waals surface area contributed by atoms with E-state index in [0.717, 1.165) is 23.3 Å². The minimum absolute atomic E-state index is 0.636. The van der Waals surface area contributed by atoms with Gasteiger partial charge in [-0.15, -0.1) is 11.3 Å². The Bertz CT molecular complexity index is 879. The van der Waals surface area contributed by atoms with Gasteiger partial charge < -0.3 is 15.5 Å². The van der Waals surface area contributed by atoms with E-state index in [-0.39, 0.29) is 0 Å². The van der Waals surface area contributed by atoms with E-state index in [9.17, 15) is 0 Å². The van der Waals surface area contributed by atoms with E-state index in [1.54, 1.807) is 11.3 Å². The summed E-state index contributed by atoms with van der Waals surface area (Å²) in [5.41, 5.74) is 2.25. The fourth-order valence-corrected chi connectivity index (χ4v) is 3.45. The quantitative estimate of drug-likeness (QED) is 0.516. The number of thiazole rings is 1. The summed E-state index contributed by atoms with van der Waals surface area (Å²) in [5, 5.41) is 12.3. The van der Waals surface area contributed by atoms with Crippen molar-refractivity contribution in [1.82, 2.24) is 15.6 Å². The lowest BCUT2D eigenvalue weighted by atomic mass is 10.1. The Morgan fingerprint density at radius 1 is 1.12 bits per heavy atom. The number of anilines is 1. The second-order valence-corrected chi connectivity index (χ2v) is 7.04. The molecule has 0 bridgehead atoms. The minimum Gasteiger partial charge on any atom is -0.357 e. The lowest BCUT2D eigenvalue weighted by Crippen LogP contribution is -2.36. The molecule has 0 saturated heterocycles. The van der Waals surface area contributed by atoms with Crippen molar-refractivity contribution in [3.8, 4) is 0 Å². The van der Waals surface area contributed by atoms with Crippen LogP contribution in [0.25, 0.3) is 10.8 Å². The SMILES string of the molecule is CCNC(=NCc1cccc2ccccc12)NCc1csc(N(C)C)n1. The number of rotatable bonds is 6. The zero-order chi connectivity index (χ0) is 18.4. The summed E-state index contributed by atoms with van der Waals surface area (Å²) in [5.74, 6) is 0.805. The van der Waals surface area contributed by atoms with E-state index in [4.69, 9.17) is 4.99 Å². The van der Waals surface area contributed by atoms with Crippen molar-refractivity contribution in [2.75, 3.05) is 25.5 Å². The second kappa shape index (κ2) is 8.67. The Kier molecular flexibility index (Phi) is 6.07. The zero-order valence-corrected chi connectivity index (χ0v) is 16.3. The molecule has 3 rings (SSSR count). The van der Waals surface area contributed by atoms with Crippen LogP contribution in [0.3, 0.4) is 0 Å². The third-order valence-electron chi connectivity index (χ3n) is 3.99. The average molecular weight is 368 g/mol. The van der Waals surface area contributed by atoms with Crippen LogP contribution >= 0.6 is 11.3 Å². The van der Waals surface area contributed by atoms with Crippen LogP contribution in [0.2, 0.25) is 0 Å². The Hall–Kier alpha value is -2.60. The van der Waals surface area contributed by atoms with Crippen LogP contribution in [0.1, 0.15) is 18.2 Å². The van der Waals surface area contributed by atoms with Gasteiger partial charge in [0.2, 0.25) is 0 Å². The summed E-state index contributed by atoms with van der Waals surface area (Å²) in [6.45, 7) is 4.19. The van der Waals surface area contributed by atoms with Crippen LogP contribution in [-0.2, 0) is 13.1 Å². The highest BCUT2D eigenvalue weighted by atomic mass is 32.1. The van der Waals surface area contributed by atoms with Crippen molar-refractivity contribution in [1.29, 1.82) is 0 Å². The van der Waals surface area contributed by atoms with Gasteiger partial charge in [0, 0.05) is 26.0 Å². The Morgan fingerprint density at radius 3 is 2.69 bits per heavy atom. The fourth-order valence-electron chi connectivity index (χ4n) is 2.69. The van der Waals surface area contributed by atoms with Crippen LogP contribution in [0.15, 0.2) is 52.8 Å². The molecule has 26 heavy (non-hydrogen) atoms. The highest BCUT2D eigenvalue weighted by molar-refractivity contribution is 7.13. The molecule has 1 aromatic heterocycles. The number of benzene rings is 2. The van der Waals surface area contributed by atoms with Gasteiger partial charge in [0.1, 0.15) is 0 Å². The third kappa shape index (κ3) is 4.52. The molecule has 0 aliphatic heterocycles. The van der Waals surface area contributed by atoms with Gasteiger partial charge in [0.05, 0.1) is 18.8 Å². The van der Waals surface area contributed by atoms with Gasteiger partial charge in [-0.25, -0.2) is 9.98 Å². The van der Waals surface area contributed by atoms with Crippen molar-refractivity contribution in [3.05, 3.63) is 59.1 Å². The molecule has 0 spiro atoms. The topological polar surface area (TPSA) is 52.6 Å². The van der Waals surface area contributed by atoms with Crippen LogP contribution in [0.4, 0.5) is 5.13 Å². The van der Waals surface area contributed by atoms with E-state index in [1.165, 1.54) is 16.3 Å². The zero-order valence-electron chi connectivity index (χ0n) is 15.5. The van der Waals surface area contributed by atoms with Crippen molar-refractivity contribution in [3.63, 3.8) is 0 Å². The molecule has 0 aliphatic rings. The summed E-state index contributed by atoms with van der Waals surface area (Å²) in [7, 11) is 4.01. The maximum absolute atomic E-state index is 4.75. The number of hydrogen-bond acceptors (Lipinski definition) is 4. The maximum atomic E-state index is 4.75. The van der Waals surface area contributed by atoms with Gasteiger partial charge in [-0.3, -0.25) is 0 Å². The molecule has 2 aromatic carbocycles. The number of nitrogens with one attached hydrogen (secondary N) is 2. The van der Waals surface area contributed by atoms with Crippen LogP contribution in [-0.4, -0.2) is 31.6 Å². The summed E-state index contributed by atoms with van der Waals surface area (Å²) >= 11 is 1.65. The normalized spacial score (nSPS) is 11.6. The molecule has 6 heteroatoms. The number of guanidine groups is 1. The molecule has 5 nitrogen and oxygen atoms in total. The van der Waals surface area contributed by atoms with Crippen molar-refractivity contribution >= 4 is 33.2 Å². The van der Waals surface area contributed by atoms with Crippen LogP contribution in [0.5, 0.6) is 0 Å². The van der Waals surface area contributed by atoms with Crippen LogP contribution in [0, 0.1) is 0 Å². The fraction of sp³-hybridized carbons (Fsp3) is 0.300. The molecule has 0 saturated carbocycles. The van der Waals surface area contributed by atoms with Gasteiger partial charge in [-0.1, -0.05) is 42.5 Å². The molecule has 3 aromatic rings. The lowest BCUT2D eigenvalue weighted by Gasteiger charge is -2.11. The van der Waals surface area contributed by atoms with Crippen molar-refractivity contribution < 1.29 is 0 Å². The summed E-state index contributed by atoms with van der Waals surface area (Å²) < 4.78 is 0. The minimum atomic E-state index is 0.636. The number of aliphatic imine (C=N–C) groups is 1. The lowest BCUT2D eigenvalue weighted by molar-refractivity contribution is 0.803. The first-order chi connectivity index (χ1) is 12.7. The molecule has 0 fully saturated rings. The highest BCUT2D eigenvalue weighted by Crippen LogP contribution is 2.19. The monoisotopic (exact) mass is 367 g/mol. The molecule has 1 heterocycles. The van der Waals surface area contributed by atoms with E-state index in [2.05, 4.69) is 70.4 Å². The van der Waals surface area contributed by atoms with Crippen LogP contribution < -0.4 is 15.5 Å². The number of nitrogens with zero attached hydrogens (tertiary/aromatic N) is 3. The molecule has 2 N–H and O–H groups in total. The summed E-state index contributed by atoms with van der Waals surface area (Å²) in [6.07, 6.45) is 0. The molecular weight excluding hydrogens is 342 g/mol. The Labute approximate surface area is 158 Å². The van der Waals surface area contributed by atoms with E-state index < -0.39 is 0 Å². The maximum Gasteiger partial charge on any atom is 0.191 e. The van der Waals surface area contributed by atoms with E-state index in [1.807, 2.05) is 19.0 Å². The second-order valence-electron chi connectivity index (χ2n) is 6.20. The number of fused-ring (bicyclic) bond motifs is 1. The highest BCUT2D eigenvalue weighted by Gasteiger charge is 2.05. The van der Waals surface area contributed by atoms with Gasteiger partial charge in [-0.2, -0.15) is 0 Å². The van der Waals surface area contributed by atoms with Gasteiger partial charge in [0.15, 0.2) is 11.1 Å². The van der Waals surface area contributed by atoms with E-state index in [0.29, 0.717) is 13.1 Å². The predicted octanol–water partition coefficient (Wildman–Crippen LogP) is 3.62. The molecule has 0 aliphatic carbocycles. The first kappa shape index (κ1) is 18.2. The smallest absolute Gasteiger partial charge is 0.191 e. The van der Waals surface area contributed by atoms with Crippen molar-refractivity contribution in [2.45, 2.75) is 20.0 Å². The van der Waals surface area contributed by atoms with Gasteiger partial charge in [-0.05, 0) is 23.3 Å². The first-order valence-corrected chi connectivity index (χ1v) is 9.66.